The molecule has 0 aromatic carbocycles. The minimum Gasteiger partial charge on any atom is -0.321 e. The van der Waals surface area contributed by atoms with Crippen molar-refractivity contribution in [3.05, 3.63) is 34.2 Å². The number of aromatic amines is 1. The molecule has 1 saturated carbocycles. The maximum Gasteiger partial charge on any atom is 0.271 e. The predicted octanol–water partition coefficient (Wildman–Crippen LogP) is 1.28. The van der Waals surface area contributed by atoms with Gasteiger partial charge in [0.2, 0.25) is 5.56 Å². The van der Waals surface area contributed by atoms with Gasteiger partial charge in [0.25, 0.3) is 5.91 Å². The highest BCUT2D eigenvalue weighted by Gasteiger charge is 2.27. The van der Waals surface area contributed by atoms with Gasteiger partial charge in [-0.3, -0.25) is 9.59 Å². The fourth-order valence-corrected chi connectivity index (χ4v) is 2.39. The van der Waals surface area contributed by atoms with E-state index in [9.17, 15) is 9.59 Å². The first-order valence-corrected chi connectivity index (χ1v) is 6.09. The van der Waals surface area contributed by atoms with E-state index in [1.807, 2.05) is 6.07 Å². The first kappa shape index (κ1) is 12.4. The molecule has 0 radical (unpaired) electrons. The summed E-state index contributed by atoms with van der Waals surface area (Å²) in [7, 11) is 0. The average Bonchev–Trinajstić information content (AvgIpc) is 2.89. The van der Waals surface area contributed by atoms with E-state index in [2.05, 4.69) is 4.98 Å². The van der Waals surface area contributed by atoms with Gasteiger partial charge < -0.3 is 9.88 Å². The van der Waals surface area contributed by atoms with Gasteiger partial charge in [0.15, 0.2) is 0 Å². The molecule has 0 atom stereocenters. The van der Waals surface area contributed by atoms with Crippen molar-refractivity contribution in [1.29, 1.82) is 5.26 Å². The summed E-state index contributed by atoms with van der Waals surface area (Å²) >= 11 is 0. The van der Waals surface area contributed by atoms with Crippen molar-refractivity contribution < 1.29 is 4.79 Å². The second-order valence-electron chi connectivity index (χ2n) is 4.46. The number of hydrogen-bond acceptors (Lipinski definition) is 3. The fourth-order valence-electron chi connectivity index (χ4n) is 2.39. The number of H-pyrrole nitrogens is 1. The molecule has 0 spiro atoms. The molecule has 1 heterocycles. The van der Waals surface area contributed by atoms with Gasteiger partial charge in [-0.1, -0.05) is 18.9 Å². The van der Waals surface area contributed by atoms with Crippen LogP contribution in [0, 0.1) is 11.3 Å². The number of amides is 1. The average molecular weight is 245 g/mol. The number of hydrogen-bond donors (Lipinski definition) is 1. The van der Waals surface area contributed by atoms with Crippen molar-refractivity contribution in [3.8, 4) is 6.07 Å². The molecule has 1 aromatic rings. The topological polar surface area (TPSA) is 77.0 Å². The summed E-state index contributed by atoms with van der Waals surface area (Å²) in [5, 5.41) is 8.83. The Hall–Kier alpha value is -2.09. The summed E-state index contributed by atoms with van der Waals surface area (Å²) < 4.78 is 0. The normalized spacial score (nSPS) is 15.3. The quantitative estimate of drug-likeness (QED) is 0.815. The zero-order chi connectivity index (χ0) is 13.0. The molecular formula is C13H15N3O2. The second-order valence-corrected chi connectivity index (χ2v) is 4.46. The number of carbonyl (C=O) groups is 1. The minimum absolute atomic E-state index is 0.0699. The molecule has 1 fully saturated rings. The third-order valence-electron chi connectivity index (χ3n) is 3.27. The van der Waals surface area contributed by atoms with E-state index in [4.69, 9.17) is 5.26 Å². The number of rotatable bonds is 3. The number of nitrogens with zero attached hydrogens (tertiary/aromatic N) is 2. The molecule has 94 valence electrons. The lowest BCUT2D eigenvalue weighted by Gasteiger charge is -2.26. The third-order valence-corrected chi connectivity index (χ3v) is 3.27. The molecule has 1 aromatic heterocycles. The van der Waals surface area contributed by atoms with E-state index < -0.39 is 0 Å². The number of nitriles is 1. The summed E-state index contributed by atoms with van der Waals surface area (Å²) in [5.41, 5.74) is -0.0474. The molecule has 1 aliphatic rings. The van der Waals surface area contributed by atoms with Gasteiger partial charge in [0.05, 0.1) is 6.07 Å². The Balaban J connectivity index is 2.23. The minimum atomic E-state index is -0.302. The molecule has 18 heavy (non-hydrogen) atoms. The van der Waals surface area contributed by atoms with Crippen LogP contribution in [-0.4, -0.2) is 28.4 Å². The van der Waals surface area contributed by atoms with Gasteiger partial charge in [0.1, 0.15) is 12.2 Å². The number of carbonyl (C=O) groups excluding carboxylic acids is 1. The lowest BCUT2D eigenvalue weighted by Crippen LogP contribution is -2.40. The van der Waals surface area contributed by atoms with E-state index in [0.29, 0.717) is 0 Å². The molecule has 0 saturated heterocycles. The van der Waals surface area contributed by atoms with Crippen molar-refractivity contribution in [1.82, 2.24) is 9.88 Å². The predicted molar refractivity (Wildman–Crippen MR) is 66.0 cm³/mol. The molecular weight excluding hydrogens is 230 g/mol. The van der Waals surface area contributed by atoms with Crippen LogP contribution in [0.1, 0.15) is 36.2 Å². The highest BCUT2D eigenvalue weighted by atomic mass is 16.2. The SMILES string of the molecule is N#CCN(C(=O)c1cccc(=O)[nH]1)C1CCCC1. The monoisotopic (exact) mass is 245 g/mol. The van der Waals surface area contributed by atoms with E-state index in [1.165, 1.54) is 6.07 Å². The lowest BCUT2D eigenvalue weighted by atomic mass is 10.2. The molecule has 1 N–H and O–H groups in total. The lowest BCUT2D eigenvalue weighted by molar-refractivity contribution is 0.0703. The summed E-state index contributed by atoms with van der Waals surface area (Å²) in [4.78, 5) is 27.6. The van der Waals surface area contributed by atoms with Gasteiger partial charge >= 0.3 is 0 Å². The van der Waals surface area contributed by atoms with Crippen LogP contribution in [0.3, 0.4) is 0 Å². The molecule has 2 rings (SSSR count). The Bertz CT molecular complexity index is 524. The number of aromatic nitrogens is 1. The van der Waals surface area contributed by atoms with Crippen LogP contribution >= 0.6 is 0 Å². The van der Waals surface area contributed by atoms with Gasteiger partial charge in [-0.05, 0) is 18.9 Å². The van der Waals surface area contributed by atoms with Crippen LogP contribution in [0.15, 0.2) is 23.0 Å². The number of nitrogens with one attached hydrogen (secondary N) is 1. The molecule has 0 aliphatic heterocycles. The van der Waals surface area contributed by atoms with Crippen molar-refractivity contribution in [2.45, 2.75) is 31.7 Å². The van der Waals surface area contributed by atoms with E-state index in [-0.39, 0.29) is 29.7 Å². The smallest absolute Gasteiger partial charge is 0.271 e. The Morgan fingerprint density at radius 3 is 2.78 bits per heavy atom. The second kappa shape index (κ2) is 5.50. The highest BCUT2D eigenvalue weighted by molar-refractivity contribution is 5.92. The van der Waals surface area contributed by atoms with Crippen molar-refractivity contribution in [3.63, 3.8) is 0 Å². The van der Waals surface area contributed by atoms with Crippen LogP contribution in [0.5, 0.6) is 0 Å². The van der Waals surface area contributed by atoms with Crippen molar-refractivity contribution in [2.24, 2.45) is 0 Å². The van der Waals surface area contributed by atoms with E-state index >= 15 is 0 Å². The van der Waals surface area contributed by atoms with Crippen molar-refractivity contribution >= 4 is 5.91 Å². The summed E-state index contributed by atoms with van der Waals surface area (Å²) in [6.45, 7) is 0.0699. The Kier molecular flexibility index (Phi) is 3.78. The summed E-state index contributed by atoms with van der Waals surface area (Å²) in [6, 6.07) is 6.63. The van der Waals surface area contributed by atoms with Crippen LogP contribution in [-0.2, 0) is 0 Å². The van der Waals surface area contributed by atoms with Crippen LogP contribution in [0.4, 0.5) is 0 Å². The zero-order valence-electron chi connectivity index (χ0n) is 10.1. The van der Waals surface area contributed by atoms with E-state index in [1.54, 1.807) is 17.0 Å². The standard InChI is InChI=1S/C13H15N3O2/c14-8-9-16(10-4-1-2-5-10)13(18)11-6-3-7-12(17)15-11/h3,6-7,10H,1-2,4-5,9H2,(H,15,17). The first-order valence-electron chi connectivity index (χ1n) is 6.09. The van der Waals surface area contributed by atoms with Gasteiger partial charge in [-0.2, -0.15) is 5.26 Å². The molecule has 0 bridgehead atoms. The third kappa shape index (κ3) is 2.59. The van der Waals surface area contributed by atoms with Crippen molar-refractivity contribution in [2.75, 3.05) is 6.54 Å². The molecule has 5 nitrogen and oxygen atoms in total. The van der Waals surface area contributed by atoms with Crippen LogP contribution in [0.2, 0.25) is 0 Å². The molecule has 5 heteroatoms. The Morgan fingerprint density at radius 2 is 2.17 bits per heavy atom. The van der Waals surface area contributed by atoms with Gasteiger partial charge in [0, 0.05) is 12.1 Å². The fraction of sp³-hybridized carbons (Fsp3) is 0.462. The maximum absolute atomic E-state index is 12.3. The molecule has 1 aliphatic carbocycles. The highest BCUT2D eigenvalue weighted by Crippen LogP contribution is 2.24. The Labute approximate surface area is 105 Å². The first-order chi connectivity index (χ1) is 8.72. The largest absolute Gasteiger partial charge is 0.321 e. The number of pyridine rings is 1. The maximum atomic E-state index is 12.3. The molecule has 0 unspecified atom stereocenters. The molecule has 1 amide bonds. The van der Waals surface area contributed by atoms with E-state index in [0.717, 1.165) is 25.7 Å². The van der Waals surface area contributed by atoms with Crippen LogP contribution < -0.4 is 5.56 Å². The van der Waals surface area contributed by atoms with Gasteiger partial charge in [-0.15, -0.1) is 0 Å². The summed E-state index contributed by atoms with van der Waals surface area (Å²) in [5.74, 6) is -0.263. The Morgan fingerprint density at radius 1 is 1.44 bits per heavy atom. The summed E-state index contributed by atoms with van der Waals surface area (Å²) in [6.07, 6.45) is 4.05. The van der Waals surface area contributed by atoms with Crippen LogP contribution in [0.25, 0.3) is 0 Å². The van der Waals surface area contributed by atoms with Gasteiger partial charge in [-0.25, -0.2) is 0 Å². The zero-order valence-corrected chi connectivity index (χ0v) is 10.1.